The molecule has 2 fully saturated rings. The second kappa shape index (κ2) is 7.27. The molecule has 0 aromatic heterocycles. The summed E-state index contributed by atoms with van der Waals surface area (Å²) >= 11 is 5.95. The molecule has 3 amide bonds. The molecular formula is C19H24ClN3O3. The third-order valence-electron chi connectivity index (χ3n) is 5.35. The Bertz CT molecular complexity index is 736. The highest BCUT2D eigenvalue weighted by Crippen LogP contribution is 2.53. The monoisotopic (exact) mass is 377 g/mol. The average molecular weight is 378 g/mol. The summed E-state index contributed by atoms with van der Waals surface area (Å²) in [6.45, 7) is 4.57. The number of hydrogen-bond acceptors (Lipinski definition) is 3. The predicted molar refractivity (Wildman–Crippen MR) is 100 cm³/mol. The molecule has 1 aliphatic carbocycles. The second-order valence-electron chi connectivity index (χ2n) is 7.39. The van der Waals surface area contributed by atoms with Crippen LogP contribution < -0.4 is 10.6 Å². The number of likely N-dealkylation sites (tertiary alicyclic amines) is 1. The molecule has 26 heavy (non-hydrogen) atoms. The third kappa shape index (κ3) is 4.18. The van der Waals surface area contributed by atoms with Crippen molar-refractivity contribution in [2.75, 3.05) is 18.4 Å². The van der Waals surface area contributed by atoms with E-state index in [2.05, 4.69) is 10.6 Å². The van der Waals surface area contributed by atoms with Gasteiger partial charge in [0.15, 0.2) is 0 Å². The molecule has 140 valence electrons. The molecule has 3 rings (SSSR count). The van der Waals surface area contributed by atoms with Crippen LogP contribution in [0.15, 0.2) is 18.2 Å². The van der Waals surface area contributed by atoms with Gasteiger partial charge in [0.1, 0.15) is 6.04 Å². The van der Waals surface area contributed by atoms with Gasteiger partial charge in [-0.05, 0) is 56.2 Å². The Labute approximate surface area is 158 Å². The maximum atomic E-state index is 12.6. The van der Waals surface area contributed by atoms with Crippen LogP contribution in [0.3, 0.4) is 0 Å². The Morgan fingerprint density at radius 3 is 2.38 bits per heavy atom. The van der Waals surface area contributed by atoms with Crippen molar-refractivity contribution in [1.82, 2.24) is 10.2 Å². The molecule has 1 saturated carbocycles. The van der Waals surface area contributed by atoms with Crippen molar-refractivity contribution in [2.45, 2.75) is 45.6 Å². The molecule has 1 aromatic rings. The molecule has 1 heterocycles. The van der Waals surface area contributed by atoms with Crippen molar-refractivity contribution in [1.29, 1.82) is 0 Å². The number of amides is 3. The van der Waals surface area contributed by atoms with Gasteiger partial charge in [0.2, 0.25) is 11.8 Å². The Hall–Kier alpha value is -2.08. The number of nitrogens with zero attached hydrogens (tertiary/aromatic N) is 1. The normalized spacial score (nSPS) is 19.0. The van der Waals surface area contributed by atoms with Gasteiger partial charge in [-0.2, -0.15) is 0 Å². The van der Waals surface area contributed by atoms with Crippen LogP contribution in [0.4, 0.5) is 5.69 Å². The predicted octanol–water partition coefficient (Wildman–Crippen LogP) is 2.82. The van der Waals surface area contributed by atoms with E-state index < -0.39 is 11.9 Å². The van der Waals surface area contributed by atoms with Crippen molar-refractivity contribution in [2.24, 2.45) is 5.41 Å². The Balaban J connectivity index is 1.63. The molecule has 1 spiro atoms. The quantitative estimate of drug-likeness (QED) is 0.846. The fourth-order valence-electron chi connectivity index (χ4n) is 3.50. The van der Waals surface area contributed by atoms with Gasteiger partial charge in [-0.15, -0.1) is 0 Å². The van der Waals surface area contributed by atoms with E-state index in [1.54, 1.807) is 13.0 Å². The lowest BCUT2D eigenvalue weighted by molar-refractivity contribution is -0.134. The first kappa shape index (κ1) is 18.7. The summed E-state index contributed by atoms with van der Waals surface area (Å²) < 4.78 is 0. The minimum atomic E-state index is -0.628. The number of rotatable bonds is 4. The van der Waals surface area contributed by atoms with E-state index in [0.717, 1.165) is 25.9 Å². The average Bonchev–Trinajstić information content (AvgIpc) is 3.33. The summed E-state index contributed by atoms with van der Waals surface area (Å²) in [4.78, 5) is 38.4. The topological polar surface area (TPSA) is 78.5 Å². The van der Waals surface area contributed by atoms with Gasteiger partial charge in [0.25, 0.3) is 5.91 Å². The minimum Gasteiger partial charge on any atom is -0.341 e. The largest absolute Gasteiger partial charge is 0.341 e. The summed E-state index contributed by atoms with van der Waals surface area (Å²) in [6, 6.07) is 4.01. The third-order valence-corrected chi connectivity index (χ3v) is 5.58. The van der Waals surface area contributed by atoms with E-state index in [1.807, 2.05) is 4.90 Å². The van der Waals surface area contributed by atoms with Crippen LogP contribution in [0.2, 0.25) is 5.02 Å². The zero-order valence-electron chi connectivity index (χ0n) is 15.1. The number of hydrogen-bond donors (Lipinski definition) is 2. The molecule has 1 atom stereocenters. The standard InChI is InChI=1S/C19H24ClN3O3/c1-12(18(26)23-9-7-19(5-6-19)8-10-23)21-17(25)15-4-3-14(20)11-16(15)22-13(2)24/h3-4,11-12H,5-10H2,1-2H3,(H,21,25)(H,22,24)/t12-/m1/s1. The SMILES string of the molecule is CC(=O)Nc1cc(Cl)ccc1C(=O)N[C@H](C)C(=O)N1CCC2(CC1)CC2. The Morgan fingerprint density at radius 2 is 1.81 bits per heavy atom. The molecule has 0 radical (unpaired) electrons. The van der Waals surface area contributed by atoms with Crippen LogP contribution in [0.5, 0.6) is 0 Å². The first-order chi connectivity index (χ1) is 12.3. The van der Waals surface area contributed by atoms with Crippen LogP contribution in [0.25, 0.3) is 0 Å². The van der Waals surface area contributed by atoms with Gasteiger partial charge in [0.05, 0.1) is 11.3 Å². The molecule has 0 unspecified atom stereocenters. The smallest absolute Gasteiger partial charge is 0.254 e. The van der Waals surface area contributed by atoms with E-state index >= 15 is 0 Å². The minimum absolute atomic E-state index is 0.0658. The molecule has 2 N–H and O–H groups in total. The summed E-state index contributed by atoms with van der Waals surface area (Å²) in [5.74, 6) is -0.779. The van der Waals surface area contributed by atoms with Gasteiger partial charge in [-0.1, -0.05) is 11.6 Å². The molecule has 6 nitrogen and oxygen atoms in total. The Morgan fingerprint density at radius 1 is 1.15 bits per heavy atom. The summed E-state index contributed by atoms with van der Waals surface area (Å²) in [6.07, 6.45) is 4.68. The number of piperidine rings is 1. The number of nitrogens with one attached hydrogen (secondary N) is 2. The van der Waals surface area contributed by atoms with Gasteiger partial charge < -0.3 is 15.5 Å². The fraction of sp³-hybridized carbons (Fsp3) is 0.526. The Kier molecular flexibility index (Phi) is 5.23. The number of anilines is 1. The first-order valence-corrected chi connectivity index (χ1v) is 9.34. The summed E-state index contributed by atoms with van der Waals surface area (Å²) in [5.41, 5.74) is 1.11. The van der Waals surface area contributed by atoms with Gasteiger partial charge in [0, 0.05) is 25.0 Å². The summed E-state index contributed by atoms with van der Waals surface area (Å²) in [5, 5.41) is 5.75. The lowest BCUT2D eigenvalue weighted by Crippen LogP contribution is -2.49. The van der Waals surface area contributed by atoms with Crippen molar-refractivity contribution in [3.63, 3.8) is 0 Å². The molecular weight excluding hydrogens is 354 g/mol. The summed E-state index contributed by atoms with van der Waals surface area (Å²) in [7, 11) is 0. The van der Waals surface area contributed by atoms with Crippen LogP contribution in [0.1, 0.15) is 49.9 Å². The lowest BCUT2D eigenvalue weighted by Gasteiger charge is -2.34. The first-order valence-electron chi connectivity index (χ1n) is 8.96. The highest BCUT2D eigenvalue weighted by molar-refractivity contribution is 6.31. The van der Waals surface area contributed by atoms with E-state index in [1.165, 1.54) is 31.9 Å². The lowest BCUT2D eigenvalue weighted by atomic mass is 9.93. The highest BCUT2D eigenvalue weighted by atomic mass is 35.5. The maximum absolute atomic E-state index is 12.6. The number of halogens is 1. The molecule has 1 aromatic carbocycles. The highest BCUT2D eigenvalue weighted by Gasteiger charge is 2.45. The van der Waals surface area contributed by atoms with Gasteiger partial charge in [-0.3, -0.25) is 14.4 Å². The molecule has 1 saturated heterocycles. The van der Waals surface area contributed by atoms with E-state index in [4.69, 9.17) is 11.6 Å². The van der Waals surface area contributed by atoms with Crippen molar-refractivity contribution in [3.8, 4) is 0 Å². The maximum Gasteiger partial charge on any atom is 0.254 e. The van der Waals surface area contributed by atoms with Crippen molar-refractivity contribution < 1.29 is 14.4 Å². The van der Waals surface area contributed by atoms with E-state index in [-0.39, 0.29) is 17.4 Å². The number of carbonyl (C=O) groups excluding carboxylic acids is 3. The molecule has 2 aliphatic rings. The molecule has 0 bridgehead atoms. The van der Waals surface area contributed by atoms with E-state index in [0.29, 0.717) is 16.1 Å². The van der Waals surface area contributed by atoms with Gasteiger partial charge >= 0.3 is 0 Å². The molecule has 7 heteroatoms. The second-order valence-corrected chi connectivity index (χ2v) is 7.83. The van der Waals surface area contributed by atoms with Crippen molar-refractivity contribution >= 4 is 35.0 Å². The van der Waals surface area contributed by atoms with E-state index in [9.17, 15) is 14.4 Å². The van der Waals surface area contributed by atoms with Crippen LogP contribution in [-0.2, 0) is 9.59 Å². The zero-order valence-corrected chi connectivity index (χ0v) is 15.9. The van der Waals surface area contributed by atoms with Gasteiger partial charge in [-0.25, -0.2) is 0 Å². The number of benzene rings is 1. The zero-order chi connectivity index (χ0) is 18.9. The molecule has 1 aliphatic heterocycles. The number of carbonyl (C=O) groups is 3. The van der Waals surface area contributed by atoms with Crippen molar-refractivity contribution in [3.05, 3.63) is 28.8 Å². The van der Waals surface area contributed by atoms with Crippen LogP contribution >= 0.6 is 11.6 Å². The van der Waals surface area contributed by atoms with Crippen LogP contribution in [-0.4, -0.2) is 41.8 Å². The van der Waals surface area contributed by atoms with Crippen LogP contribution in [0, 0.1) is 5.41 Å². The fourth-order valence-corrected chi connectivity index (χ4v) is 3.67.